The molecule has 7 nitrogen and oxygen atoms in total. The quantitative estimate of drug-likeness (QED) is 0.848. The summed E-state index contributed by atoms with van der Waals surface area (Å²) >= 11 is 0. The zero-order valence-corrected chi connectivity index (χ0v) is 15.1. The van der Waals surface area contributed by atoms with Crippen LogP contribution in [0.5, 0.6) is 0 Å². The first kappa shape index (κ1) is 16.3. The first-order valence-electron chi connectivity index (χ1n) is 9.42. The highest BCUT2D eigenvalue weighted by molar-refractivity contribution is 5.79. The summed E-state index contributed by atoms with van der Waals surface area (Å²) in [6.45, 7) is 7.39. The second-order valence-electron chi connectivity index (χ2n) is 7.18. The van der Waals surface area contributed by atoms with E-state index in [-0.39, 0.29) is 5.92 Å². The fraction of sp³-hybridized carbons (Fsp3) is 0.667. The fourth-order valence-electron chi connectivity index (χ4n) is 3.78. The zero-order chi connectivity index (χ0) is 17.4. The van der Waals surface area contributed by atoms with Gasteiger partial charge in [-0.3, -0.25) is 9.20 Å². The van der Waals surface area contributed by atoms with Gasteiger partial charge < -0.3 is 9.80 Å². The number of fused-ring (bicyclic) bond motifs is 1. The van der Waals surface area contributed by atoms with Crippen LogP contribution in [0.25, 0.3) is 5.78 Å². The Hall–Kier alpha value is -2.18. The number of piperazine rings is 1. The van der Waals surface area contributed by atoms with Crippen LogP contribution in [0.3, 0.4) is 0 Å². The average Bonchev–Trinajstić information content (AvgIpc) is 2.95. The molecule has 0 N–H and O–H groups in total. The van der Waals surface area contributed by atoms with Crippen molar-refractivity contribution in [3.8, 4) is 0 Å². The van der Waals surface area contributed by atoms with E-state index >= 15 is 0 Å². The van der Waals surface area contributed by atoms with Crippen LogP contribution in [-0.4, -0.2) is 56.6 Å². The predicted molar refractivity (Wildman–Crippen MR) is 95.6 cm³/mol. The van der Waals surface area contributed by atoms with Crippen molar-refractivity contribution in [3.63, 3.8) is 0 Å². The molecule has 0 radical (unpaired) electrons. The molecule has 1 saturated carbocycles. The molecule has 1 saturated heterocycles. The zero-order valence-electron chi connectivity index (χ0n) is 15.1. The van der Waals surface area contributed by atoms with Gasteiger partial charge in [0, 0.05) is 43.9 Å². The lowest BCUT2D eigenvalue weighted by molar-refractivity contribution is -0.138. The first-order valence-corrected chi connectivity index (χ1v) is 9.42. The highest BCUT2D eigenvalue weighted by atomic mass is 16.2. The van der Waals surface area contributed by atoms with Gasteiger partial charge in [-0.05, 0) is 26.2 Å². The third kappa shape index (κ3) is 2.96. The summed E-state index contributed by atoms with van der Waals surface area (Å²) in [5.41, 5.74) is 1.21. The minimum absolute atomic E-state index is 0.288. The van der Waals surface area contributed by atoms with E-state index in [0.29, 0.717) is 11.7 Å². The van der Waals surface area contributed by atoms with Gasteiger partial charge in [0.25, 0.3) is 5.78 Å². The van der Waals surface area contributed by atoms with Crippen molar-refractivity contribution in [1.82, 2.24) is 24.5 Å². The van der Waals surface area contributed by atoms with Crippen LogP contribution in [0.4, 0.5) is 5.82 Å². The van der Waals surface area contributed by atoms with Crippen molar-refractivity contribution in [3.05, 3.63) is 17.6 Å². The molecule has 0 atom stereocenters. The van der Waals surface area contributed by atoms with E-state index in [0.717, 1.165) is 63.5 Å². The van der Waals surface area contributed by atoms with E-state index in [1.807, 2.05) is 16.2 Å². The lowest BCUT2D eigenvalue weighted by Gasteiger charge is -2.38. The van der Waals surface area contributed by atoms with Gasteiger partial charge in [-0.15, -0.1) is 10.2 Å². The summed E-state index contributed by atoms with van der Waals surface area (Å²) in [6, 6.07) is 2.16. The predicted octanol–water partition coefficient (Wildman–Crippen LogP) is 1.83. The van der Waals surface area contributed by atoms with Gasteiger partial charge in [-0.2, -0.15) is 4.98 Å². The summed E-state index contributed by atoms with van der Waals surface area (Å²) in [5.74, 6) is 3.16. The van der Waals surface area contributed by atoms with Crippen LogP contribution in [0.1, 0.15) is 44.1 Å². The van der Waals surface area contributed by atoms with E-state index in [1.165, 1.54) is 12.1 Å². The highest BCUT2D eigenvalue weighted by Gasteiger charge is 2.31. The van der Waals surface area contributed by atoms with Crippen molar-refractivity contribution in [2.24, 2.45) is 5.92 Å². The standard InChI is InChI=1S/C18H26N6O/c1-3-5-15-12-16(19-18-21-20-13(2)24(15)18)22-8-10-23(11-9-22)17(25)14-6-4-7-14/h12,14H,3-11H2,1-2H3. The molecule has 0 bridgehead atoms. The number of anilines is 1. The SMILES string of the molecule is CCCc1cc(N2CCN(C(=O)C3CCC3)CC2)nc2nnc(C)n12. The number of aryl methyl sites for hydroxylation is 2. The monoisotopic (exact) mass is 342 g/mol. The van der Waals surface area contributed by atoms with Crippen molar-refractivity contribution in [1.29, 1.82) is 0 Å². The molecule has 0 spiro atoms. The lowest BCUT2D eigenvalue weighted by atomic mass is 9.84. The van der Waals surface area contributed by atoms with Gasteiger partial charge in [0.15, 0.2) is 0 Å². The third-order valence-electron chi connectivity index (χ3n) is 5.48. The molecule has 7 heteroatoms. The average molecular weight is 342 g/mol. The molecule has 3 heterocycles. The van der Waals surface area contributed by atoms with Crippen molar-refractivity contribution in [2.45, 2.75) is 46.0 Å². The van der Waals surface area contributed by atoms with Crippen LogP contribution in [0, 0.1) is 12.8 Å². The molecule has 4 rings (SSSR count). The molecule has 2 aromatic rings. The maximum Gasteiger partial charge on any atom is 0.257 e. The van der Waals surface area contributed by atoms with Crippen molar-refractivity contribution in [2.75, 3.05) is 31.1 Å². The minimum atomic E-state index is 0.288. The summed E-state index contributed by atoms with van der Waals surface area (Å²) in [5, 5.41) is 8.39. The van der Waals surface area contributed by atoms with Crippen molar-refractivity contribution < 1.29 is 4.79 Å². The van der Waals surface area contributed by atoms with Crippen molar-refractivity contribution >= 4 is 17.5 Å². The van der Waals surface area contributed by atoms with Gasteiger partial charge >= 0.3 is 0 Å². The molecule has 0 unspecified atom stereocenters. The number of aromatic nitrogens is 4. The molecule has 1 aliphatic carbocycles. The first-order chi connectivity index (χ1) is 12.2. The van der Waals surface area contributed by atoms with E-state index in [1.54, 1.807) is 0 Å². The highest BCUT2D eigenvalue weighted by Crippen LogP contribution is 2.29. The molecule has 0 aromatic carbocycles. The number of carbonyl (C=O) groups excluding carboxylic acids is 1. The molecule has 1 amide bonds. The van der Waals surface area contributed by atoms with Crippen LogP contribution in [0.2, 0.25) is 0 Å². The molecule has 2 aromatic heterocycles. The number of rotatable bonds is 4. The van der Waals surface area contributed by atoms with Crippen LogP contribution in [-0.2, 0) is 11.2 Å². The van der Waals surface area contributed by atoms with E-state index in [2.05, 4.69) is 28.1 Å². The van der Waals surface area contributed by atoms with Gasteiger partial charge in [0.1, 0.15) is 11.6 Å². The number of nitrogens with zero attached hydrogens (tertiary/aromatic N) is 6. The Kier molecular flexibility index (Phi) is 4.31. The Morgan fingerprint density at radius 3 is 2.60 bits per heavy atom. The Morgan fingerprint density at radius 2 is 1.96 bits per heavy atom. The van der Waals surface area contributed by atoms with Crippen LogP contribution < -0.4 is 4.90 Å². The normalized spacial score (nSPS) is 18.6. The van der Waals surface area contributed by atoms with E-state index < -0.39 is 0 Å². The minimum Gasteiger partial charge on any atom is -0.353 e. The largest absolute Gasteiger partial charge is 0.353 e. The van der Waals surface area contributed by atoms with Crippen LogP contribution >= 0.6 is 0 Å². The molecule has 25 heavy (non-hydrogen) atoms. The number of amides is 1. The fourth-order valence-corrected chi connectivity index (χ4v) is 3.78. The van der Waals surface area contributed by atoms with Gasteiger partial charge in [-0.1, -0.05) is 19.8 Å². The topological polar surface area (TPSA) is 66.6 Å². The molecule has 2 fully saturated rings. The maximum atomic E-state index is 12.4. The molecule has 1 aliphatic heterocycles. The van der Waals surface area contributed by atoms with E-state index in [4.69, 9.17) is 4.98 Å². The Morgan fingerprint density at radius 1 is 1.20 bits per heavy atom. The summed E-state index contributed by atoms with van der Waals surface area (Å²) < 4.78 is 2.05. The summed E-state index contributed by atoms with van der Waals surface area (Å²) in [4.78, 5) is 21.4. The van der Waals surface area contributed by atoms with E-state index in [9.17, 15) is 4.79 Å². The number of hydrogen-bond acceptors (Lipinski definition) is 5. The summed E-state index contributed by atoms with van der Waals surface area (Å²) in [6.07, 6.45) is 5.40. The summed E-state index contributed by atoms with van der Waals surface area (Å²) in [7, 11) is 0. The van der Waals surface area contributed by atoms with Crippen LogP contribution in [0.15, 0.2) is 6.07 Å². The molecular formula is C18H26N6O. The second kappa shape index (κ2) is 6.61. The Balaban J connectivity index is 1.51. The second-order valence-corrected chi connectivity index (χ2v) is 7.18. The Labute approximate surface area is 148 Å². The molecule has 134 valence electrons. The number of hydrogen-bond donors (Lipinski definition) is 0. The van der Waals surface area contributed by atoms with Gasteiger partial charge in [0.2, 0.25) is 5.91 Å². The lowest BCUT2D eigenvalue weighted by Crippen LogP contribution is -2.51. The molecule has 2 aliphatic rings. The Bertz CT molecular complexity index is 773. The van der Waals surface area contributed by atoms with Gasteiger partial charge in [-0.25, -0.2) is 0 Å². The number of carbonyl (C=O) groups is 1. The maximum absolute atomic E-state index is 12.4. The van der Waals surface area contributed by atoms with Gasteiger partial charge in [0.05, 0.1) is 0 Å². The third-order valence-corrected chi connectivity index (χ3v) is 5.48. The smallest absolute Gasteiger partial charge is 0.257 e. The molecular weight excluding hydrogens is 316 g/mol.